The Morgan fingerprint density at radius 2 is 0.927 bits per heavy atom. The van der Waals surface area contributed by atoms with E-state index in [1.54, 1.807) is 30.3 Å². The van der Waals surface area contributed by atoms with E-state index in [1.165, 1.54) is 109 Å². The normalized spacial score (nSPS) is 11.1. The minimum Gasteiger partial charge on any atom is -0.507 e. The quantitative estimate of drug-likeness (QED) is 0.0909. The molecule has 0 aliphatic heterocycles. The Bertz CT molecular complexity index is 921. The second kappa shape index (κ2) is 23.1. The van der Waals surface area contributed by atoms with Crippen LogP contribution < -0.4 is 9.47 Å². The summed E-state index contributed by atoms with van der Waals surface area (Å²) in [7, 11) is 0. The highest BCUT2D eigenvalue weighted by atomic mass is 16.5. The summed E-state index contributed by atoms with van der Waals surface area (Å²) in [6.45, 7) is 5.85. The predicted octanol–water partition coefficient (Wildman–Crippen LogP) is 11.2. The molecule has 4 heteroatoms. The summed E-state index contributed by atoms with van der Waals surface area (Å²) in [6, 6.07) is 12.2. The number of phenolic OH excluding ortho intramolecular Hbond substituents is 1. The Balaban J connectivity index is 1.60. The first kappa shape index (κ1) is 34.7. The predicted molar refractivity (Wildman–Crippen MR) is 173 cm³/mol. The molecule has 0 aliphatic rings. The molecule has 1 N–H and O–H groups in total. The maximum Gasteiger partial charge on any atom is 0.196 e. The average molecular weight is 567 g/mol. The molecule has 0 radical (unpaired) electrons. The monoisotopic (exact) mass is 566 g/mol. The first-order valence-electron chi connectivity index (χ1n) is 16.9. The molecular formula is C37H58O4. The van der Waals surface area contributed by atoms with Crippen molar-refractivity contribution in [1.82, 2.24) is 0 Å². The van der Waals surface area contributed by atoms with E-state index in [9.17, 15) is 9.90 Å². The van der Waals surface area contributed by atoms with Crippen molar-refractivity contribution in [3.8, 4) is 17.2 Å². The molecule has 0 saturated carbocycles. The molecule has 4 nitrogen and oxygen atoms in total. The van der Waals surface area contributed by atoms with Crippen molar-refractivity contribution in [1.29, 1.82) is 0 Å². The van der Waals surface area contributed by atoms with Crippen LogP contribution in [-0.4, -0.2) is 24.1 Å². The van der Waals surface area contributed by atoms with Gasteiger partial charge in [0, 0.05) is 11.6 Å². The van der Waals surface area contributed by atoms with Gasteiger partial charge in [-0.25, -0.2) is 0 Å². The first-order valence-corrected chi connectivity index (χ1v) is 16.9. The number of phenols is 1. The molecule has 0 aliphatic carbocycles. The van der Waals surface area contributed by atoms with Crippen molar-refractivity contribution in [3.63, 3.8) is 0 Å². The minimum atomic E-state index is -0.204. The van der Waals surface area contributed by atoms with Crippen molar-refractivity contribution in [2.45, 2.75) is 142 Å². The van der Waals surface area contributed by atoms with Gasteiger partial charge in [-0.3, -0.25) is 4.79 Å². The Labute approximate surface area is 251 Å². The van der Waals surface area contributed by atoms with E-state index in [0.29, 0.717) is 24.5 Å². The van der Waals surface area contributed by atoms with Crippen LogP contribution in [0.2, 0.25) is 0 Å². The lowest BCUT2D eigenvalue weighted by atomic mass is 10.0. The fourth-order valence-corrected chi connectivity index (χ4v) is 5.21. The molecule has 0 heterocycles. The number of carbonyl (C=O) groups excluding carboxylic acids is 1. The highest BCUT2D eigenvalue weighted by Crippen LogP contribution is 2.27. The number of unbranched alkanes of at least 4 members (excludes halogenated alkanes) is 18. The van der Waals surface area contributed by atoms with Gasteiger partial charge < -0.3 is 14.6 Å². The van der Waals surface area contributed by atoms with Crippen LogP contribution in [0.4, 0.5) is 0 Å². The zero-order valence-corrected chi connectivity index (χ0v) is 26.3. The minimum absolute atomic E-state index is 0.0446. The fraction of sp³-hybridized carbons (Fsp3) is 0.649. The standard InChI is InChI=1S/C37H58O4/c1-3-5-7-9-11-13-15-17-19-21-29-40-33-25-23-32(24-26-33)37(39)35-28-27-34(31-36(35)38)41-30-22-20-18-16-14-12-10-8-6-4-2/h23-28,31,38H,3-22,29-30H2,1-2H3. The van der Waals surface area contributed by atoms with Gasteiger partial charge in [-0.05, 0) is 49.2 Å². The molecule has 41 heavy (non-hydrogen) atoms. The topological polar surface area (TPSA) is 55.8 Å². The van der Waals surface area contributed by atoms with Crippen LogP contribution in [0.25, 0.3) is 0 Å². The van der Waals surface area contributed by atoms with Gasteiger partial charge in [0.15, 0.2) is 5.78 Å². The van der Waals surface area contributed by atoms with Crippen LogP contribution in [0.1, 0.15) is 158 Å². The highest BCUT2D eigenvalue weighted by Gasteiger charge is 2.14. The summed E-state index contributed by atoms with van der Waals surface area (Å²) in [5.74, 6) is 1.13. The molecular weight excluding hydrogens is 508 g/mol. The largest absolute Gasteiger partial charge is 0.507 e. The summed E-state index contributed by atoms with van der Waals surface area (Å²) in [4.78, 5) is 13.0. The molecule has 0 aromatic heterocycles. The third-order valence-corrected chi connectivity index (χ3v) is 7.86. The van der Waals surface area contributed by atoms with E-state index in [4.69, 9.17) is 9.47 Å². The van der Waals surface area contributed by atoms with Crippen molar-refractivity contribution >= 4 is 5.78 Å². The maximum atomic E-state index is 13.0. The summed E-state index contributed by atoms with van der Waals surface area (Å²) in [5.41, 5.74) is 0.820. The van der Waals surface area contributed by atoms with Crippen LogP contribution >= 0.6 is 0 Å². The lowest BCUT2D eigenvalue weighted by Crippen LogP contribution is -2.03. The Morgan fingerprint density at radius 1 is 0.537 bits per heavy atom. The second-order valence-electron chi connectivity index (χ2n) is 11.6. The molecule has 2 aromatic rings. The SMILES string of the molecule is CCCCCCCCCCCCOc1ccc(C(=O)c2ccc(OCCCCCCCCCCCC)cc2O)cc1. The van der Waals surface area contributed by atoms with Gasteiger partial charge in [-0.15, -0.1) is 0 Å². The van der Waals surface area contributed by atoms with E-state index < -0.39 is 0 Å². The summed E-state index contributed by atoms with van der Waals surface area (Å²) >= 11 is 0. The smallest absolute Gasteiger partial charge is 0.196 e. The number of ketones is 1. The molecule has 2 rings (SSSR count). The zero-order chi connectivity index (χ0) is 29.4. The second-order valence-corrected chi connectivity index (χ2v) is 11.6. The van der Waals surface area contributed by atoms with Gasteiger partial charge in [0.25, 0.3) is 0 Å². The number of benzene rings is 2. The third-order valence-electron chi connectivity index (χ3n) is 7.86. The van der Waals surface area contributed by atoms with Crippen LogP contribution in [-0.2, 0) is 0 Å². The number of hydrogen-bond donors (Lipinski definition) is 1. The highest BCUT2D eigenvalue weighted by molar-refractivity contribution is 6.10. The van der Waals surface area contributed by atoms with Gasteiger partial charge in [-0.2, -0.15) is 0 Å². The Kier molecular flexibility index (Phi) is 19.6. The van der Waals surface area contributed by atoms with Crippen LogP contribution in [0, 0.1) is 0 Å². The van der Waals surface area contributed by atoms with E-state index in [-0.39, 0.29) is 17.1 Å². The zero-order valence-electron chi connectivity index (χ0n) is 26.3. The van der Waals surface area contributed by atoms with Crippen LogP contribution in [0.3, 0.4) is 0 Å². The van der Waals surface area contributed by atoms with Gasteiger partial charge in [-0.1, -0.05) is 129 Å². The third kappa shape index (κ3) is 15.9. The fourth-order valence-electron chi connectivity index (χ4n) is 5.21. The molecule has 0 saturated heterocycles. The first-order chi connectivity index (χ1) is 20.2. The number of aromatic hydroxyl groups is 1. The van der Waals surface area contributed by atoms with Gasteiger partial charge in [0.2, 0.25) is 0 Å². The van der Waals surface area contributed by atoms with Gasteiger partial charge in [0.05, 0.1) is 18.8 Å². The number of hydrogen-bond acceptors (Lipinski definition) is 4. The maximum absolute atomic E-state index is 13.0. The number of rotatable bonds is 26. The lowest BCUT2D eigenvalue weighted by Gasteiger charge is -2.10. The Hall–Kier alpha value is -2.49. The number of carbonyl (C=O) groups is 1. The van der Waals surface area contributed by atoms with Crippen molar-refractivity contribution in [2.24, 2.45) is 0 Å². The average Bonchev–Trinajstić information content (AvgIpc) is 2.99. The summed E-state index contributed by atoms with van der Waals surface area (Å²) < 4.78 is 11.7. The molecule has 0 spiro atoms. The molecule has 0 bridgehead atoms. The van der Waals surface area contributed by atoms with Crippen LogP contribution in [0.5, 0.6) is 17.2 Å². The van der Waals surface area contributed by atoms with Crippen molar-refractivity contribution in [3.05, 3.63) is 53.6 Å². The van der Waals surface area contributed by atoms with E-state index >= 15 is 0 Å². The molecule has 0 atom stereocenters. The van der Waals surface area contributed by atoms with E-state index in [0.717, 1.165) is 25.0 Å². The van der Waals surface area contributed by atoms with E-state index in [1.807, 2.05) is 12.1 Å². The summed E-state index contributed by atoms with van der Waals surface area (Å²) in [6.07, 6.45) is 25.9. The Morgan fingerprint density at radius 3 is 1.37 bits per heavy atom. The van der Waals surface area contributed by atoms with Gasteiger partial charge in [0.1, 0.15) is 17.2 Å². The van der Waals surface area contributed by atoms with E-state index in [2.05, 4.69) is 13.8 Å². The van der Waals surface area contributed by atoms with Crippen molar-refractivity contribution in [2.75, 3.05) is 13.2 Å². The molecule has 2 aromatic carbocycles. The molecule has 230 valence electrons. The molecule has 0 amide bonds. The molecule has 0 unspecified atom stereocenters. The molecule has 0 fully saturated rings. The van der Waals surface area contributed by atoms with Crippen molar-refractivity contribution < 1.29 is 19.4 Å². The van der Waals surface area contributed by atoms with Crippen LogP contribution in [0.15, 0.2) is 42.5 Å². The number of ether oxygens (including phenoxy) is 2. The summed E-state index contributed by atoms with van der Waals surface area (Å²) in [5, 5.41) is 10.5. The lowest BCUT2D eigenvalue weighted by molar-refractivity contribution is 0.103. The van der Waals surface area contributed by atoms with Gasteiger partial charge >= 0.3 is 0 Å².